The molecule has 0 unspecified atom stereocenters. The van der Waals surface area contributed by atoms with Crippen molar-refractivity contribution in [3.63, 3.8) is 0 Å². The van der Waals surface area contributed by atoms with E-state index in [-0.39, 0.29) is 42.6 Å². The third kappa shape index (κ3) is 8.56. The summed E-state index contributed by atoms with van der Waals surface area (Å²) in [6.07, 6.45) is 1.71. The zero-order valence-electron chi connectivity index (χ0n) is 24.9. The molecule has 2 N–H and O–H groups in total. The van der Waals surface area contributed by atoms with Crippen LogP contribution in [0.5, 0.6) is 0 Å². The van der Waals surface area contributed by atoms with E-state index in [1.165, 1.54) is 7.11 Å². The topological polar surface area (TPSA) is 143 Å². The van der Waals surface area contributed by atoms with Crippen LogP contribution in [-0.2, 0) is 36.8 Å². The number of carbonyl (C=O) groups excluding carboxylic acids is 4. The fourth-order valence-corrected chi connectivity index (χ4v) is 5.02. The molecule has 1 aromatic carbocycles. The molecule has 11 heteroatoms. The van der Waals surface area contributed by atoms with E-state index in [4.69, 9.17) is 14.0 Å². The van der Waals surface area contributed by atoms with E-state index in [0.717, 1.165) is 25.1 Å². The van der Waals surface area contributed by atoms with Crippen molar-refractivity contribution in [3.8, 4) is 0 Å². The number of nitrogens with one attached hydrogen (secondary N) is 2. The molecule has 0 spiro atoms. The molecule has 4 rings (SSSR count). The Hall–Kier alpha value is -3.41. The number of ketones is 2. The molecule has 0 radical (unpaired) electrons. The van der Waals surface area contributed by atoms with Gasteiger partial charge < -0.3 is 24.6 Å². The molecular weight excluding hydrogens is 540 g/mol. The number of rotatable bonds is 17. The van der Waals surface area contributed by atoms with Gasteiger partial charge in [0.2, 0.25) is 5.91 Å². The fourth-order valence-electron chi connectivity index (χ4n) is 5.02. The summed E-state index contributed by atoms with van der Waals surface area (Å²) in [7, 11) is 1.44. The smallest absolute Gasteiger partial charge is 0.274 e. The van der Waals surface area contributed by atoms with Crippen molar-refractivity contribution in [2.45, 2.75) is 70.7 Å². The van der Waals surface area contributed by atoms with Gasteiger partial charge in [-0.05, 0) is 50.8 Å². The van der Waals surface area contributed by atoms with Crippen molar-refractivity contribution in [1.29, 1.82) is 0 Å². The second-order valence-electron chi connectivity index (χ2n) is 11.9. The predicted octanol–water partition coefficient (Wildman–Crippen LogP) is 2.33. The van der Waals surface area contributed by atoms with Crippen LogP contribution < -0.4 is 10.6 Å². The van der Waals surface area contributed by atoms with Crippen molar-refractivity contribution < 1.29 is 33.2 Å². The standard InChI is InChI=1S/C31H42N4O7/c1-20(2)13-24(28(37)31(3)19-41-31)32-29(38)22(14-21-9-6-5-7-10-21)15-27(36)26(18-40-4)33-30(39)25-16-23(42-34-25)17-35-11-8-12-35/h5-7,9-10,16,20,22,24,26H,8,11-15,17-19H2,1-4H3,(H,32,38)(H,33,39)/t22-,24+,26+,31-/m1/s1. The molecule has 228 valence electrons. The molecule has 0 bridgehead atoms. The van der Waals surface area contributed by atoms with Crippen LogP contribution in [0, 0.1) is 11.8 Å². The Bertz CT molecular complexity index is 1240. The van der Waals surface area contributed by atoms with Crippen LogP contribution in [0.3, 0.4) is 0 Å². The first-order valence-electron chi connectivity index (χ1n) is 14.6. The Labute approximate surface area is 246 Å². The van der Waals surface area contributed by atoms with Gasteiger partial charge in [0.1, 0.15) is 11.6 Å². The van der Waals surface area contributed by atoms with E-state index in [9.17, 15) is 19.2 Å². The van der Waals surface area contributed by atoms with Crippen molar-refractivity contribution in [2.75, 3.05) is 33.4 Å². The number of nitrogens with zero attached hydrogens (tertiary/aromatic N) is 2. The summed E-state index contributed by atoms with van der Waals surface area (Å²) in [6, 6.07) is 9.22. The minimum absolute atomic E-state index is 0.0730. The van der Waals surface area contributed by atoms with Crippen LogP contribution in [0.25, 0.3) is 0 Å². The average Bonchev–Trinajstić information content (AvgIpc) is 3.51. The largest absolute Gasteiger partial charge is 0.382 e. The molecule has 1 aromatic heterocycles. The second-order valence-corrected chi connectivity index (χ2v) is 11.9. The lowest BCUT2D eigenvalue weighted by Crippen LogP contribution is -2.50. The number of hydrogen-bond donors (Lipinski definition) is 2. The van der Waals surface area contributed by atoms with E-state index in [2.05, 4.69) is 20.7 Å². The lowest BCUT2D eigenvalue weighted by Gasteiger charge is -2.29. The molecule has 2 aliphatic heterocycles. The maximum Gasteiger partial charge on any atom is 0.274 e. The summed E-state index contributed by atoms with van der Waals surface area (Å²) in [4.78, 5) is 55.5. The summed E-state index contributed by atoms with van der Waals surface area (Å²) in [5.41, 5.74) is 0.0601. The molecule has 42 heavy (non-hydrogen) atoms. The summed E-state index contributed by atoms with van der Waals surface area (Å²) in [6.45, 7) is 8.46. The van der Waals surface area contributed by atoms with E-state index in [1.807, 2.05) is 44.2 Å². The summed E-state index contributed by atoms with van der Waals surface area (Å²) >= 11 is 0. The van der Waals surface area contributed by atoms with E-state index < -0.39 is 35.4 Å². The van der Waals surface area contributed by atoms with Crippen molar-refractivity contribution in [2.24, 2.45) is 11.8 Å². The quantitative estimate of drug-likeness (QED) is 0.269. The van der Waals surface area contributed by atoms with Crippen molar-refractivity contribution >= 4 is 23.4 Å². The Morgan fingerprint density at radius 3 is 2.40 bits per heavy atom. The van der Waals surface area contributed by atoms with Gasteiger partial charge in [-0.25, -0.2) is 0 Å². The number of hydrogen-bond acceptors (Lipinski definition) is 9. The normalized spacial score (nSPS) is 20.3. The highest BCUT2D eigenvalue weighted by molar-refractivity contribution is 5.99. The molecule has 2 aliphatic rings. The summed E-state index contributed by atoms with van der Waals surface area (Å²) in [5, 5.41) is 9.49. The molecule has 11 nitrogen and oxygen atoms in total. The maximum atomic E-state index is 13.7. The van der Waals surface area contributed by atoms with Gasteiger partial charge in [0.25, 0.3) is 5.91 Å². The summed E-state index contributed by atoms with van der Waals surface area (Å²) < 4.78 is 15.9. The number of Topliss-reactive ketones (excluding diaryl/α,β-unsaturated/α-hetero) is 2. The zero-order valence-corrected chi connectivity index (χ0v) is 24.9. The van der Waals surface area contributed by atoms with Crippen LogP contribution in [-0.4, -0.2) is 84.5 Å². The van der Waals surface area contributed by atoms with Crippen LogP contribution in [0.4, 0.5) is 0 Å². The van der Waals surface area contributed by atoms with E-state index >= 15 is 0 Å². The number of ether oxygens (including phenoxy) is 2. The van der Waals surface area contributed by atoms with Crippen LogP contribution in [0.1, 0.15) is 61.8 Å². The van der Waals surface area contributed by atoms with Crippen LogP contribution in [0.2, 0.25) is 0 Å². The molecule has 0 saturated carbocycles. The Morgan fingerprint density at radius 2 is 1.81 bits per heavy atom. The molecule has 2 saturated heterocycles. The molecule has 2 amide bonds. The van der Waals surface area contributed by atoms with Gasteiger partial charge in [0.05, 0.1) is 25.8 Å². The number of amides is 2. The lowest BCUT2D eigenvalue weighted by molar-refractivity contribution is -0.134. The monoisotopic (exact) mass is 582 g/mol. The first kappa shape index (κ1) is 31.5. The molecule has 0 aliphatic carbocycles. The van der Waals surface area contributed by atoms with Crippen molar-refractivity contribution in [1.82, 2.24) is 20.7 Å². The highest BCUT2D eigenvalue weighted by Crippen LogP contribution is 2.30. The Kier molecular flexibility index (Phi) is 10.6. The fraction of sp³-hybridized carbons (Fsp3) is 0.581. The number of benzene rings is 1. The van der Waals surface area contributed by atoms with Crippen LogP contribution >= 0.6 is 0 Å². The first-order valence-corrected chi connectivity index (χ1v) is 14.6. The predicted molar refractivity (Wildman–Crippen MR) is 154 cm³/mol. The molecule has 4 atom stereocenters. The molecule has 2 aromatic rings. The van der Waals surface area contributed by atoms with Crippen LogP contribution in [0.15, 0.2) is 40.9 Å². The van der Waals surface area contributed by atoms with Gasteiger partial charge in [0.15, 0.2) is 23.0 Å². The Balaban J connectivity index is 1.46. The highest BCUT2D eigenvalue weighted by atomic mass is 16.6. The number of carbonyl (C=O) groups is 4. The third-order valence-corrected chi connectivity index (χ3v) is 7.73. The van der Waals surface area contributed by atoms with Gasteiger partial charge in [-0.15, -0.1) is 0 Å². The second kappa shape index (κ2) is 14.2. The summed E-state index contributed by atoms with van der Waals surface area (Å²) in [5.74, 6) is -1.54. The number of likely N-dealkylation sites (tertiary alicyclic amines) is 1. The number of methoxy groups -OCH3 is 1. The highest BCUT2D eigenvalue weighted by Gasteiger charge is 2.50. The van der Waals surface area contributed by atoms with Gasteiger partial charge in [0, 0.05) is 25.5 Å². The zero-order chi connectivity index (χ0) is 30.3. The molecular formula is C31H42N4O7. The van der Waals surface area contributed by atoms with E-state index in [1.54, 1.807) is 13.0 Å². The number of epoxide rings is 1. The number of aromatic nitrogens is 1. The first-order chi connectivity index (χ1) is 20.1. The maximum absolute atomic E-state index is 13.7. The average molecular weight is 583 g/mol. The molecule has 3 heterocycles. The van der Waals surface area contributed by atoms with E-state index in [0.29, 0.717) is 25.3 Å². The van der Waals surface area contributed by atoms with Crippen molar-refractivity contribution in [3.05, 3.63) is 53.4 Å². The minimum Gasteiger partial charge on any atom is -0.382 e. The minimum atomic E-state index is -1.00. The third-order valence-electron chi connectivity index (χ3n) is 7.73. The lowest BCUT2D eigenvalue weighted by atomic mass is 9.89. The van der Waals surface area contributed by atoms with Gasteiger partial charge in [-0.1, -0.05) is 49.3 Å². The van der Waals surface area contributed by atoms with Gasteiger partial charge in [-0.3, -0.25) is 24.1 Å². The Morgan fingerprint density at radius 1 is 1.10 bits per heavy atom. The SMILES string of the molecule is COC[C@H](NC(=O)c1cc(CN2CCC2)on1)C(=O)C[C@@H](Cc1ccccc1)C(=O)N[C@@H](CC(C)C)C(=O)[C@@]1(C)CO1. The van der Waals surface area contributed by atoms with Gasteiger partial charge in [-0.2, -0.15) is 0 Å². The molecule has 2 fully saturated rings. The van der Waals surface area contributed by atoms with Gasteiger partial charge >= 0.3 is 0 Å².